The van der Waals surface area contributed by atoms with Gasteiger partial charge in [-0.05, 0) is 44.7 Å². The molecule has 1 fully saturated rings. The summed E-state index contributed by atoms with van der Waals surface area (Å²) in [6, 6.07) is 2.17. The Hall–Kier alpha value is -1.47. The fraction of sp³-hybridized carbons (Fsp3) is 0.500. The number of nitrogens with one attached hydrogen (secondary N) is 1. The van der Waals surface area contributed by atoms with Gasteiger partial charge in [0.1, 0.15) is 5.82 Å². The van der Waals surface area contributed by atoms with Crippen molar-refractivity contribution in [2.45, 2.75) is 50.0 Å². The molecule has 0 aliphatic heterocycles. The van der Waals surface area contributed by atoms with Gasteiger partial charge in [0.05, 0.1) is 4.90 Å². The van der Waals surface area contributed by atoms with E-state index in [9.17, 15) is 17.6 Å². The van der Waals surface area contributed by atoms with E-state index < -0.39 is 21.7 Å². The molecule has 2 rings (SSSR count). The molecule has 0 aromatic heterocycles. The van der Waals surface area contributed by atoms with Gasteiger partial charge in [-0.3, -0.25) is 4.79 Å². The van der Waals surface area contributed by atoms with Crippen LogP contribution in [-0.4, -0.2) is 19.9 Å². The first-order valence-electron chi connectivity index (χ1n) is 6.84. The maximum atomic E-state index is 13.8. The molecular weight excluding hydrogens is 295 g/mol. The Morgan fingerprint density at radius 2 is 2.05 bits per heavy atom. The second kappa shape index (κ2) is 5.38. The van der Waals surface area contributed by atoms with Crippen LogP contribution in [0.2, 0.25) is 0 Å². The van der Waals surface area contributed by atoms with Gasteiger partial charge in [-0.2, -0.15) is 0 Å². The van der Waals surface area contributed by atoms with Crippen molar-refractivity contribution in [1.29, 1.82) is 0 Å². The molecule has 1 aliphatic rings. The van der Waals surface area contributed by atoms with Crippen molar-refractivity contribution in [1.82, 2.24) is 5.32 Å². The molecule has 0 bridgehead atoms. The van der Waals surface area contributed by atoms with E-state index in [2.05, 4.69) is 5.32 Å². The Labute approximate surface area is 123 Å². The molecule has 5 nitrogen and oxygen atoms in total. The summed E-state index contributed by atoms with van der Waals surface area (Å²) in [5.74, 6) is -1.23. The van der Waals surface area contributed by atoms with E-state index in [0.717, 1.165) is 37.8 Å². The van der Waals surface area contributed by atoms with Crippen LogP contribution in [0.25, 0.3) is 0 Å². The third kappa shape index (κ3) is 3.08. The van der Waals surface area contributed by atoms with E-state index in [4.69, 9.17) is 5.14 Å². The predicted octanol–water partition coefficient (Wildman–Crippen LogP) is 1.84. The molecule has 21 heavy (non-hydrogen) atoms. The van der Waals surface area contributed by atoms with Gasteiger partial charge in [-0.25, -0.2) is 17.9 Å². The van der Waals surface area contributed by atoms with Gasteiger partial charge < -0.3 is 5.32 Å². The third-order valence-electron chi connectivity index (χ3n) is 4.23. The number of benzene rings is 1. The number of carbonyl (C=O) groups is 1. The zero-order chi connectivity index (χ0) is 15.8. The standard InChI is InChI=1S/C14H19FN2O3S/c1-3-14(5-4-6-14)17-13(18)10-7-11(15)9(2)12(8-10)21(16,19)20/h7-8H,3-6H2,1-2H3,(H,17,18)(H2,16,19,20). The first-order chi connectivity index (χ1) is 9.68. The molecule has 0 heterocycles. The summed E-state index contributed by atoms with van der Waals surface area (Å²) in [7, 11) is -4.07. The van der Waals surface area contributed by atoms with Gasteiger partial charge in [0.25, 0.3) is 5.91 Å². The molecule has 1 amide bonds. The molecule has 1 saturated carbocycles. The van der Waals surface area contributed by atoms with Crippen LogP contribution in [0.1, 0.15) is 48.5 Å². The number of amides is 1. The number of carbonyl (C=O) groups excluding carboxylic acids is 1. The smallest absolute Gasteiger partial charge is 0.251 e. The van der Waals surface area contributed by atoms with Crippen LogP contribution in [0.5, 0.6) is 0 Å². The average Bonchev–Trinajstić information content (AvgIpc) is 2.35. The van der Waals surface area contributed by atoms with Crippen molar-refractivity contribution in [2.75, 3.05) is 0 Å². The minimum absolute atomic E-state index is 0.0261. The summed E-state index contributed by atoms with van der Waals surface area (Å²) in [6.45, 7) is 3.29. The van der Waals surface area contributed by atoms with E-state index in [1.807, 2.05) is 6.92 Å². The van der Waals surface area contributed by atoms with E-state index in [0.29, 0.717) is 0 Å². The van der Waals surface area contributed by atoms with Crippen molar-refractivity contribution in [3.05, 3.63) is 29.1 Å². The zero-order valence-corrected chi connectivity index (χ0v) is 12.9. The predicted molar refractivity (Wildman–Crippen MR) is 76.8 cm³/mol. The summed E-state index contributed by atoms with van der Waals surface area (Å²) < 4.78 is 36.8. The summed E-state index contributed by atoms with van der Waals surface area (Å²) >= 11 is 0. The summed E-state index contributed by atoms with van der Waals surface area (Å²) in [5, 5.41) is 7.94. The van der Waals surface area contributed by atoms with Gasteiger partial charge >= 0.3 is 0 Å². The van der Waals surface area contributed by atoms with Crippen molar-refractivity contribution >= 4 is 15.9 Å². The minimum atomic E-state index is -4.07. The monoisotopic (exact) mass is 314 g/mol. The highest BCUT2D eigenvalue weighted by Gasteiger charge is 2.36. The Bertz CT molecular complexity index is 676. The van der Waals surface area contributed by atoms with E-state index in [-0.39, 0.29) is 21.6 Å². The molecule has 1 aromatic rings. The summed E-state index contributed by atoms with van der Waals surface area (Å²) in [4.78, 5) is 11.9. The molecule has 1 aliphatic carbocycles. The van der Waals surface area contributed by atoms with E-state index in [1.54, 1.807) is 0 Å². The highest BCUT2D eigenvalue weighted by atomic mass is 32.2. The molecule has 0 spiro atoms. The van der Waals surface area contributed by atoms with Crippen molar-refractivity contribution < 1.29 is 17.6 Å². The van der Waals surface area contributed by atoms with E-state index in [1.165, 1.54) is 6.92 Å². The SMILES string of the molecule is CCC1(NC(=O)c2cc(F)c(C)c(S(N)(=O)=O)c2)CCC1. The maximum absolute atomic E-state index is 13.8. The summed E-state index contributed by atoms with van der Waals surface area (Å²) in [5.41, 5.74) is -0.357. The van der Waals surface area contributed by atoms with Gasteiger partial charge in [0.15, 0.2) is 0 Å². The third-order valence-corrected chi connectivity index (χ3v) is 5.27. The topological polar surface area (TPSA) is 89.3 Å². The van der Waals surface area contributed by atoms with Gasteiger partial charge in [-0.15, -0.1) is 0 Å². The highest BCUT2D eigenvalue weighted by molar-refractivity contribution is 7.89. The number of nitrogens with two attached hydrogens (primary N) is 1. The number of halogens is 1. The largest absolute Gasteiger partial charge is 0.347 e. The fourth-order valence-corrected chi connectivity index (χ4v) is 3.38. The summed E-state index contributed by atoms with van der Waals surface area (Å²) in [6.07, 6.45) is 3.59. The Morgan fingerprint density at radius 3 is 2.48 bits per heavy atom. The van der Waals surface area contributed by atoms with Crippen LogP contribution in [0.4, 0.5) is 4.39 Å². The fourth-order valence-electron chi connectivity index (χ4n) is 2.56. The van der Waals surface area contributed by atoms with Crippen LogP contribution >= 0.6 is 0 Å². The lowest BCUT2D eigenvalue weighted by atomic mass is 9.74. The minimum Gasteiger partial charge on any atom is -0.347 e. The number of rotatable bonds is 4. The molecule has 116 valence electrons. The Morgan fingerprint density at radius 1 is 1.43 bits per heavy atom. The second-order valence-electron chi connectivity index (χ2n) is 5.57. The maximum Gasteiger partial charge on any atom is 0.251 e. The molecule has 3 N–H and O–H groups in total. The molecule has 0 atom stereocenters. The highest BCUT2D eigenvalue weighted by Crippen LogP contribution is 2.35. The van der Waals surface area contributed by atoms with Gasteiger partial charge in [0.2, 0.25) is 10.0 Å². The number of hydrogen-bond donors (Lipinski definition) is 2. The van der Waals surface area contributed by atoms with Crippen molar-refractivity contribution in [3.63, 3.8) is 0 Å². The lowest BCUT2D eigenvalue weighted by molar-refractivity contribution is 0.0819. The van der Waals surface area contributed by atoms with Crippen LogP contribution in [-0.2, 0) is 10.0 Å². The zero-order valence-electron chi connectivity index (χ0n) is 12.1. The average molecular weight is 314 g/mol. The number of primary sulfonamides is 1. The van der Waals surface area contributed by atoms with Gasteiger partial charge in [0, 0.05) is 16.7 Å². The molecule has 0 unspecified atom stereocenters. The molecule has 0 saturated heterocycles. The first-order valence-corrected chi connectivity index (χ1v) is 8.39. The van der Waals surface area contributed by atoms with Crippen LogP contribution in [0, 0.1) is 12.7 Å². The number of sulfonamides is 1. The van der Waals surface area contributed by atoms with Gasteiger partial charge in [-0.1, -0.05) is 6.92 Å². The van der Waals surface area contributed by atoms with Crippen LogP contribution < -0.4 is 10.5 Å². The van der Waals surface area contributed by atoms with Crippen molar-refractivity contribution in [2.24, 2.45) is 5.14 Å². The molecule has 1 aromatic carbocycles. The van der Waals surface area contributed by atoms with E-state index >= 15 is 0 Å². The second-order valence-corrected chi connectivity index (χ2v) is 7.10. The normalized spacial score (nSPS) is 17.1. The quantitative estimate of drug-likeness (QED) is 0.888. The van der Waals surface area contributed by atoms with Crippen molar-refractivity contribution in [3.8, 4) is 0 Å². The lowest BCUT2D eigenvalue weighted by Crippen LogP contribution is -2.53. The van der Waals surface area contributed by atoms with Crippen LogP contribution in [0.15, 0.2) is 17.0 Å². The molecule has 7 heteroatoms. The lowest BCUT2D eigenvalue weighted by Gasteiger charge is -2.42. The number of hydrogen-bond acceptors (Lipinski definition) is 3. The van der Waals surface area contributed by atoms with Crippen LogP contribution in [0.3, 0.4) is 0 Å². The molecular formula is C14H19FN2O3S. The Balaban J connectivity index is 2.36. The first kappa shape index (κ1) is 15.9. The molecule has 0 radical (unpaired) electrons. The Kier molecular flexibility index (Phi) is 4.08.